The van der Waals surface area contributed by atoms with Crippen molar-refractivity contribution in [3.8, 4) is 5.75 Å². The highest BCUT2D eigenvalue weighted by Gasteiger charge is 2.40. The number of benzene rings is 3. The van der Waals surface area contributed by atoms with Gasteiger partial charge in [-0.15, -0.1) is 0 Å². The predicted octanol–water partition coefficient (Wildman–Crippen LogP) is 5.13. The van der Waals surface area contributed by atoms with Crippen LogP contribution in [0.4, 0.5) is 5.69 Å². The molecule has 6 heteroatoms. The number of fused-ring (bicyclic) bond motifs is 3. The minimum Gasteiger partial charge on any atom is -0.492 e. The third-order valence-electron chi connectivity index (χ3n) is 7.69. The topological polar surface area (TPSA) is 49.3 Å². The average Bonchev–Trinajstić information content (AvgIpc) is 3.37. The summed E-state index contributed by atoms with van der Waals surface area (Å²) in [6.45, 7) is 9.78. The summed E-state index contributed by atoms with van der Waals surface area (Å²) in [6.07, 6.45) is 2.33. The zero-order valence-corrected chi connectivity index (χ0v) is 22.1. The second-order valence-corrected chi connectivity index (χ2v) is 10.6. The summed E-state index contributed by atoms with van der Waals surface area (Å²) in [5.41, 5.74) is 7.06. The van der Waals surface area contributed by atoms with Gasteiger partial charge in [-0.2, -0.15) is 0 Å². The Bertz CT molecular complexity index is 1280. The van der Waals surface area contributed by atoms with Gasteiger partial charge in [-0.3, -0.25) is 9.80 Å². The minimum absolute atomic E-state index is 0.0419. The lowest BCUT2D eigenvalue weighted by Crippen LogP contribution is -2.50. The van der Waals surface area contributed by atoms with Gasteiger partial charge in [0.25, 0.3) is 0 Å². The van der Waals surface area contributed by atoms with Crippen molar-refractivity contribution in [2.24, 2.45) is 11.1 Å². The summed E-state index contributed by atoms with van der Waals surface area (Å²) in [5.74, 6) is 1.06. The number of hydrogen-bond acceptors (Lipinski definition) is 6. The van der Waals surface area contributed by atoms with Crippen molar-refractivity contribution >= 4 is 17.5 Å². The Morgan fingerprint density at radius 3 is 2.47 bits per heavy atom. The molecule has 3 aliphatic heterocycles. The Labute approximate surface area is 225 Å². The largest absolute Gasteiger partial charge is 0.492 e. The Morgan fingerprint density at radius 2 is 1.68 bits per heavy atom. The van der Waals surface area contributed by atoms with Gasteiger partial charge in [-0.05, 0) is 30.2 Å². The molecule has 0 bridgehead atoms. The Kier molecular flexibility index (Phi) is 7.42. The van der Waals surface area contributed by atoms with Gasteiger partial charge in [-0.1, -0.05) is 77.5 Å². The van der Waals surface area contributed by atoms with Crippen LogP contribution in [0.2, 0.25) is 0 Å². The summed E-state index contributed by atoms with van der Waals surface area (Å²) in [7, 11) is 0. The fourth-order valence-corrected chi connectivity index (χ4v) is 5.60. The summed E-state index contributed by atoms with van der Waals surface area (Å²) >= 11 is 0. The molecule has 0 radical (unpaired) electrons. The molecule has 1 saturated heterocycles. The van der Waals surface area contributed by atoms with E-state index < -0.39 is 0 Å². The molecule has 0 aliphatic carbocycles. The fourth-order valence-electron chi connectivity index (χ4n) is 5.60. The van der Waals surface area contributed by atoms with Crippen molar-refractivity contribution in [2.45, 2.75) is 19.6 Å². The highest BCUT2D eigenvalue weighted by molar-refractivity contribution is 6.06. The van der Waals surface area contributed by atoms with Crippen molar-refractivity contribution < 1.29 is 9.57 Å². The van der Waals surface area contributed by atoms with Crippen LogP contribution in [0.3, 0.4) is 0 Å². The van der Waals surface area contributed by atoms with Gasteiger partial charge in [0.2, 0.25) is 0 Å². The van der Waals surface area contributed by atoms with Gasteiger partial charge in [0.1, 0.15) is 18.1 Å². The minimum atomic E-state index is 0.0419. The van der Waals surface area contributed by atoms with E-state index in [1.807, 2.05) is 6.07 Å². The first-order valence-electron chi connectivity index (χ1n) is 13.7. The van der Waals surface area contributed by atoms with E-state index in [9.17, 15) is 0 Å². The first-order valence-corrected chi connectivity index (χ1v) is 13.7. The number of hydrogen-bond donors (Lipinski definition) is 1. The maximum atomic E-state index is 6.23. The van der Waals surface area contributed by atoms with Crippen LogP contribution in [0.25, 0.3) is 6.08 Å². The molecule has 3 heterocycles. The highest BCUT2D eigenvalue weighted by Crippen LogP contribution is 2.36. The first kappa shape index (κ1) is 24.7. The molecule has 0 aromatic heterocycles. The van der Waals surface area contributed by atoms with Crippen LogP contribution >= 0.6 is 0 Å². The lowest BCUT2D eigenvalue weighted by Gasteiger charge is -2.36. The monoisotopic (exact) mass is 508 g/mol. The molecule has 0 spiro atoms. The van der Waals surface area contributed by atoms with Gasteiger partial charge in [0, 0.05) is 63.1 Å². The normalized spacial score (nSPS) is 21.6. The molecule has 38 heavy (non-hydrogen) atoms. The van der Waals surface area contributed by atoms with Crippen LogP contribution in [0.15, 0.2) is 89.6 Å². The SMILES string of the molecule is CC(=Cc1ccccc1)CN1CCN(CC2ON=C3c4ccc(NCc5ccccc5)cc4OCC32)CC1. The molecule has 3 aromatic carbocycles. The van der Waals surface area contributed by atoms with Crippen LogP contribution in [-0.4, -0.2) is 67.5 Å². The number of rotatable bonds is 8. The fraction of sp³-hybridized carbons (Fsp3) is 0.344. The maximum absolute atomic E-state index is 6.23. The Balaban J connectivity index is 0.997. The van der Waals surface area contributed by atoms with Crippen LogP contribution in [0.5, 0.6) is 5.75 Å². The molecule has 3 aliphatic rings. The second kappa shape index (κ2) is 11.4. The van der Waals surface area contributed by atoms with Crippen molar-refractivity contribution in [1.82, 2.24) is 9.80 Å². The Morgan fingerprint density at radius 1 is 0.947 bits per heavy atom. The number of ether oxygens (including phenoxy) is 1. The smallest absolute Gasteiger partial charge is 0.151 e. The van der Waals surface area contributed by atoms with Crippen LogP contribution < -0.4 is 10.1 Å². The van der Waals surface area contributed by atoms with Crippen molar-refractivity contribution in [2.75, 3.05) is 51.2 Å². The average molecular weight is 509 g/mol. The number of oxime groups is 1. The van der Waals surface area contributed by atoms with Gasteiger partial charge >= 0.3 is 0 Å². The van der Waals surface area contributed by atoms with E-state index >= 15 is 0 Å². The first-order chi connectivity index (χ1) is 18.7. The summed E-state index contributed by atoms with van der Waals surface area (Å²) in [6, 6.07) is 27.3. The van der Waals surface area contributed by atoms with Crippen LogP contribution in [0, 0.1) is 5.92 Å². The summed E-state index contributed by atoms with van der Waals surface area (Å²) in [4.78, 5) is 11.0. The molecule has 2 unspecified atom stereocenters. The van der Waals surface area contributed by atoms with Gasteiger partial charge in [-0.25, -0.2) is 0 Å². The molecule has 6 rings (SSSR count). The standard InChI is InChI=1S/C32H36N4O2/c1-24(18-25-8-4-2-5-9-25)21-35-14-16-36(17-15-35)22-31-29-23-37-30-19-27(12-13-28(30)32(29)34-38-31)33-20-26-10-6-3-7-11-26/h2-13,18-19,29,31,33H,14-17,20-23H2,1H3. The third kappa shape index (κ3) is 5.77. The number of anilines is 1. The van der Waals surface area contributed by atoms with Gasteiger partial charge < -0.3 is 14.9 Å². The quantitative estimate of drug-likeness (QED) is 0.457. The molecular weight excluding hydrogens is 472 g/mol. The lowest BCUT2D eigenvalue weighted by atomic mass is 9.90. The number of piperazine rings is 1. The van der Waals surface area contributed by atoms with E-state index in [2.05, 4.69) is 106 Å². The maximum Gasteiger partial charge on any atom is 0.151 e. The van der Waals surface area contributed by atoms with E-state index in [1.165, 1.54) is 16.7 Å². The third-order valence-corrected chi connectivity index (χ3v) is 7.69. The van der Waals surface area contributed by atoms with Crippen molar-refractivity contribution in [1.29, 1.82) is 0 Å². The van der Waals surface area contributed by atoms with E-state index in [0.717, 1.165) is 68.5 Å². The molecule has 3 aromatic rings. The molecule has 1 N–H and O–H groups in total. The molecule has 6 nitrogen and oxygen atoms in total. The zero-order valence-electron chi connectivity index (χ0n) is 22.1. The highest BCUT2D eigenvalue weighted by atomic mass is 16.6. The van der Waals surface area contributed by atoms with E-state index in [1.54, 1.807) is 0 Å². The number of nitrogens with one attached hydrogen (secondary N) is 1. The van der Waals surface area contributed by atoms with Crippen LogP contribution in [0.1, 0.15) is 23.6 Å². The van der Waals surface area contributed by atoms with E-state index in [0.29, 0.717) is 6.61 Å². The summed E-state index contributed by atoms with van der Waals surface area (Å²) < 4.78 is 6.23. The predicted molar refractivity (Wildman–Crippen MR) is 154 cm³/mol. The van der Waals surface area contributed by atoms with Crippen molar-refractivity contribution in [3.05, 3.63) is 101 Å². The Hall–Kier alpha value is -3.61. The van der Waals surface area contributed by atoms with Crippen LogP contribution in [-0.2, 0) is 11.4 Å². The molecule has 196 valence electrons. The second-order valence-electron chi connectivity index (χ2n) is 10.6. The molecule has 1 fully saturated rings. The van der Waals surface area contributed by atoms with E-state index in [-0.39, 0.29) is 12.0 Å². The molecule has 0 amide bonds. The van der Waals surface area contributed by atoms with Gasteiger partial charge in [0.15, 0.2) is 6.10 Å². The molecular formula is C32H36N4O2. The lowest BCUT2D eigenvalue weighted by molar-refractivity contribution is 0.0101. The zero-order chi connectivity index (χ0) is 25.7. The molecule has 2 atom stereocenters. The number of nitrogens with zero attached hydrogens (tertiary/aromatic N) is 3. The van der Waals surface area contributed by atoms with Gasteiger partial charge in [0.05, 0.1) is 5.92 Å². The summed E-state index contributed by atoms with van der Waals surface area (Å²) in [5, 5.41) is 8.03. The van der Waals surface area contributed by atoms with Crippen molar-refractivity contribution in [3.63, 3.8) is 0 Å². The molecule has 0 saturated carbocycles. The van der Waals surface area contributed by atoms with E-state index in [4.69, 9.17) is 9.57 Å².